The summed E-state index contributed by atoms with van der Waals surface area (Å²) in [5, 5.41) is 2.85. The van der Waals surface area contributed by atoms with Crippen LogP contribution < -0.4 is 11.1 Å². The van der Waals surface area contributed by atoms with Crippen molar-refractivity contribution in [3.8, 4) is 0 Å². The highest BCUT2D eigenvalue weighted by atomic mass is 16.2. The quantitative estimate of drug-likeness (QED) is 0.891. The number of nitrogens with one attached hydrogen (secondary N) is 1. The van der Waals surface area contributed by atoms with Crippen molar-refractivity contribution in [3.63, 3.8) is 0 Å². The zero-order valence-corrected chi connectivity index (χ0v) is 15.1. The Morgan fingerprint density at radius 2 is 1.88 bits per heavy atom. The molecule has 1 fully saturated rings. The first-order valence-corrected chi connectivity index (χ1v) is 8.76. The Hall–Kier alpha value is -1.88. The molecule has 0 bridgehead atoms. The van der Waals surface area contributed by atoms with E-state index in [1.807, 2.05) is 31.7 Å². The van der Waals surface area contributed by atoms with E-state index in [0.717, 1.165) is 31.5 Å². The number of nitrogens with zero attached hydrogens (tertiary/aromatic N) is 1. The van der Waals surface area contributed by atoms with E-state index in [4.69, 9.17) is 5.73 Å². The van der Waals surface area contributed by atoms with E-state index in [1.54, 1.807) is 12.1 Å². The lowest BCUT2D eigenvalue weighted by atomic mass is 9.98. The van der Waals surface area contributed by atoms with Crippen molar-refractivity contribution in [2.45, 2.75) is 46.6 Å². The zero-order chi connectivity index (χ0) is 17.9. The van der Waals surface area contributed by atoms with E-state index in [0.29, 0.717) is 17.2 Å². The molecule has 0 radical (unpaired) electrons. The summed E-state index contributed by atoms with van der Waals surface area (Å²) in [6, 6.07) is 4.88. The number of hydrogen-bond donors (Lipinski definition) is 2. The van der Waals surface area contributed by atoms with E-state index >= 15 is 0 Å². The minimum Gasteiger partial charge on any atom is -0.339 e. The summed E-state index contributed by atoms with van der Waals surface area (Å²) < 4.78 is 0. The van der Waals surface area contributed by atoms with Gasteiger partial charge in [0.05, 0.1) is 6.04 Å². The van der Waals surface area contributed by atoms with Gasteiger partial charge in [0, 0.05) is 24.3 Å². The fourth-order valence-corrected chi connectivity index (χ4v) is 2.85. The Bertz CT molecular complexity index is 605. The molecule has 0 aliphatic carbocycles. The van der Waals surface area contributed by atoms with Crippen molar-refractivity contribution < 1.29 is 9.59 Å². The molecule has 24 heavy (non-hydrogen) atoms. The van der Waals surface area contributed by atoms with Gasteiger partial charge in [-0.05, 0) is 55.4 Å². The number of carbonyl (C=O) groups excluding carboxylic acids is 2. The molecule has 1 heterocycles. The average molecular weight is 331 g/mol. The van der Waals surface area contributed by atoms with Crippen LogP contribution in [0.15, 0.2) is 18.2 Å². The topological polar surface area (TPSA) is 75.4 Å². The van der Waals surface area contributed by atoms with Gasteiger partial charge in [0.2, 0.25) is 5.91 Å². The van der Waals surface area contributed by atoms with Gasteiger partial charge in [0.25, 0.3) is 5.91 Å². The number of piperidine rings is 1. The van der Waals surface area contributed by atoms with Crippen LogP contribution in [-0.2, 0) is 4.79 Å². The van der Waals surface area contributed by atoms with Crippen LogP contribution in [-0.4, -0.2) is 35.8 Å². The molecule has 5 nitrogen and oxygen atoms in total. The van der Waals surface area contributed by atoms with Gasteiger partial charge < -0.3 is 16.0 Å². The lowest BCUT2D eigenvalue weighted by molar-refractivity contribution is -0.118. The number of carbonyl (C=O) groups is 2. The van der Waals surface area contributed by atoms with Gasteiger partial charge in [-0.3, -0.25) is 9.59 Å². The third kappa shape index (κ3) is 4.35. The first-order valence-electron chi connectivity index (χ1n) is 8.76. The van der Waals surface area contributed by atoms with E-state index in [2.05, 4.69) is 12.2 Å². The molecule has 0 aromatic heterocycles. The number of benzene rings is 1. The maximum atomic E-state index is 12.6. The molecule has 132 valence electrons. The summed E-state index contributed by atoms with van der Waals surface area (Å²) in [6.45, 7) is 9.59. The average Bonchev–Trinajstić information content (AvgIpc) is 2.55. The van der Waals surface area contributed by atoms with Gasteiger partial charge in [-0.1, -0.05) is 20.8 Å². The molecular weight excluding hydrogens is 302 g/mol. The van der Waals surface area contributed by atoms with Crippen LogP contribution in [0.4, 0.5) is 5.69 Å². The second-order valence-electron chi connectivity index (χ2n) is 7.26. The number of aryl methyl sites for hydroxylation is 1. The van der Waals surface area contributed by atoms with E-state index < -0.39 is 6.04 Å². The summed E-state index contributed by atoms with van der Waals surface area (Å²) >= 11 is 0. The second-order valence-corrected chi connectivity index (χ2v) is 7.26. The van der Waals surface area contributed by atoms with Gasteiger partial charge in [0.15, 0.2) is 0 Å². The van der Waals surface area contributed by atoms with Crippen molar-refractivity contribution in [1.82, 2.24) is 4.90 Å². The molecule has 1 aromatic carbocycles. The Morgan fingerprint density at radius 3 is 2.42 bits per heavy atom. The van der Waals surface area contributed by atoms with Gasteiger partial charge in [-0.25, -0.2) is 0 Å². The molecule has 2 amide bonds. The van der Waals surface area contributed by atoms with Crippen LogP contribution in [0.5, 0.6) is 0 Å². The Morgan fingerprint density at radius 1 is 1.25 bits per heavy atom. The fourth-order valence-electron chi connectivity index (χ4n) is 2.85. The van der Waals surface area contributed by atoms with E-state index in [1.165, 1.54) is 0 Å². The van der Waals surface area contributed by atoms with Gasteiger partial charge in [-0.2, -0.15) is 0 Å². The lowest BCUT2D eigenvalue weighted by Crippen LogP contribution is -2.40. The number of hydrogen-bond acceptors (Lipinski definition) is 3. The van der Waals surface area contributed by atoms with Crippen LogP contribution in [0, 0.1) is 18.8 Å². The van der Waals surface area contributed by atoms with Crippen LogP contribution in [0.1, 0.15) is 49.5 Å². The normalized spacial score (nSPS) is 17.0. The second kappa shape index (κ2) is 7.79. The molecule has 5 heteroatoms. The van der Waals surface area contributed by atoms with Crippen molar-refractivity contribution in [1.29, 1.82) is 0 Å². The summed E-state index contributed by atoms with van der Waals surface area (Å²) in [7, 11) is 0. The number of likely N-dealkylation sites (tertiary alicyclic amines) is 1. The third-order valence-electron chi connectivity index (χ3n) is 4.82. The Labute approximate surface area is 144 Å². The van der Waals surface area contributed by atoms with Crippen LogP contribution in [0.25, 0.3) is 0 Å². The summed E-state index contributed by atoms with van der Waals surface area (Å²) in [6.07, 6.45) is 2.12. The fraction of sp³-hybridized carbons (Fsp3) is 0.579. The van der Waals surface area contributed by atoms with Crippen LogP contribution in [0.3, 0.4) is 0 Å². The number of nitrogens with two attached hydrogens (primary N) is 1. The highest BCUT2D eigenvalue weighted by Crippen LogP contribution is 2.21. The molecular formula is C19H29N3O2. The van der Waals surface area contributed by atoms with Gasteiger partial charge in [-0.15, -0.1) is 0 Å². The molecule has 0 saturated carbocycles. The summed E-state index contributed by atoms with van der Waals surface area (Å²) in [5.41, 5.74) is 8.13. The monoisotopic (exact) mass is 331 g/mol. The summed E-state index contributed by atoms with van der Waals surface area (Å²) in [4.78, 5) is 26.6. The van der Waals surface area contributed by atoms with E-state index in [9.17, 15) is 9.59 Å². The molecule has 1 atom stereocenters. The minimum absolute atomic E-state index is 0.0711. The predicted molar refractivity (Wildman–Crippen MR) is 96.9 cm³/mol. The Kier molecular flexibility index (Phi) is 5.99. The highest BCUT2D eigenvalue weighted by molar-refractivity contribution is 5.98. The zero-order valence-electron chi connectivity index (χ0n) is 15.1. The summed E-state index contributed by atoms with van der Waals surface area (Å²) in [5.74, 6) is 0.644. The van der Waals surface area contributed by atoms with Crippen molar-refractivity contribution in [2.75, 3.05) is 18.4 Å². The number of anilines is 1. The highest BCUT2D eigenvalue weighted by Gasteiger charge is 2.22. The molecule has 0 unspecified atom stereocenters. The standard InChI is InChI=1S/C19H29N3O2/c1-12(2)17(20)18(23)21-16-6-5-15(11-14(16)4)19(24)22-9-7-13(3)8-10-22/h5-6,11-13,17H,7-10,20H2,1-4H3,(H,21,23)/t17-/m0/s1. The predicted octanol–water partition coefficient (Wildman–Crippen LogP) is 2.79. The number of rotatable bonds is 4. The largest absolute Gasteiger partial charge is 0.339 e. The van der Waals surface area contributed by atoms with Gasteiger partial charge >= 0.3 is 0 Å². The molecule has 2 rings (SSSR count). The molecule has 3 N–H and O–H groups in total. The maximum Gasteiger partial charge on any atom is 0.253 e. The van der Waals surface area contributed by atoms with Crippen molar-refractivity contribution >= 4 is 17.5 Å². The number of amides is 2. The first kappa shape index (κ1) is 18.5. The maximum absolute atomic E-state index is 12.6. The SMILES string of the molecule is Cc1cc(C(=O)N2CCC(C)CC2)ccc1NC(=O)[C@@H](N)C(C)C. The lowest BCUT2D eigenvalue weighted by Gasteiger charge is -2.30. The smallest absolute Gasteiger partial charge is 0.253 e. The third-order valence-corrected chi connectivity index (χ3v) is 4.82. The van der Waals surface area contributed by atoms with Crippen LogP contribution in [0.2, 0.25) is 0 Å². The van der Waals surface area contributed by atoms with Gasteiger partial charge in [0.1, 0.15) is 0 Å². The van der Waals surface area contributed by atoms with Crippen LogP contribution >= 0.6 is 0 Å². The molecule has 1 aliphatic heterocycles. The molecule has 1 aromatic rings. The molecule has 1 saturated heterocycles. The minimum atomic E-state index is -0.541. The first-order chi connectivity index (χ1) is 11.3. The molecule has 0 spiro atoms. The van der Waals surface area contributed by atoms with E-state index in [-0.39, 0.29) is 17.7 Å². The molecule has 1 aliphatic rings. The van der Waals surface area contributed by atoms with Crippen molar-refractivity contribution in [3.05, 3.63) is 29.3 Å². The Balaban J connectivity index is 2.06. The van der Waals surface area contributed by atoms with Crippen molar-refractivity contribution in [2.24, 2.45) is 17.6 Å².